The van der Waals surface area contributed by atoms with E-state index in [2.05, 4.69) is 20.8 Å². The van der Waals surface area contributed by atoms with Gasteiger partial charge in [0, 0.05) is 13.0 Å². The predicted molar refractivity (Wildman–Crippen MR) is 95.2 cm³/mol. The average Bonchev–Trinajstić information content (AvgIpc) is 2.88. The molecule has 0 spiro atoms. The SMILES string of the molecule is CCOc1ccc(/C=C(/C#N)c2nnc3n2CCCCC3)cc1OC. The van der Waals surface area contributed by atoms with Crippen LogP contribution in [0.1, 0.15) is 43.4 Å². The van der Waals surface area contributed by atoms with Gasteiger partial charge in [-0.2, -0.15) is 5.26 Å². The van der Waals surface area contributed by atoms with Crippen LogP contribution in [0.25, 0.3) is 11.6 Å². The second-order valence-corrected chi connectivity index (χ2v) is 5.92. The molecular weight excluding hydrogens is 316 g/mol. The fourth-order valence-corrected chi connectivity index (χ4v) is 3.05. The van der Waals surface area contributed by atoms with Crippen LogP contribution in [0.15, 0.2) is 18.2 Å². The van der Waals surface area contributed by atoms with Gasteiger partial charge in [-0.1, -0.05) is 12.5 Å². The van der Waals surface area contributed by atoms with E-state index >= 15 is 0 Å². The Morgan fingerprint density at radius 1 is 1.28 bits per heavy atom. The van der Waals surface area contributed by atoms with Crippen molar-refractivity contribution >= 4 is 11.6 Å². The van der Waals surface area contributed by atoms with Crippen LogP contribution in [0.2, 0.25) is 0 Å². The van der Waals surface area contributed by atoms with E-state index in [0.29, 0.717) is 29.5 Å². The second kappa shape index (κ2) is 7.84. The summed E-state index contributed by atoms with van der Waals surface area (Å²) < 4.78 is 13.0. The molecule has 25 heavy (non-hydrogen) atoms. The van der Waals surface area contributed by atoms with Crippen LogP contribution in [0.4, 0.5) is 0 Å². The molecule has 0 aliphatic carbocycles. The first-order chi connectivity index (χ1) is 12.3. The molecule has 6 heteroatoms. The highest BCUT2D eigenvalue weighted by Crippen LogP contribution is 2.30. The van der Waals surface area contributed by atoms with Gasteiger partial charge in [0.25, 0.3) is 0 Å². The van der Waals surface area contributed by atoms with E-state index in [1.807, 2.05) is 31.2 Å². The lowest BCUT2D eigenvalue weighted by molar-refractivity contribution is 0.311. The molecule has 0 saturated heterocycles. The number of benzene rings is 1. The van der Waals surface area contributed by atoms with E-state index in [1.165, 1.54) is 6.42 Å². The summed E-state index contributed by atoms with van der Waals surface area (Å²) in [6.45, 7) is 3.36. The molecule has 0 amide bonds. The molecule has 6 nitrogen and oxygen atoms in total. The third kappa shape index (κ3) is 3.66. The number of allylic oxidation sites excluding steroid dienone is 1. The van der Waals surface area contributed by atoms with Crippen molar-refractivity contribution in [2.75, 3.05) is 13.7 Å². The van der Waals surface area contributed by atoms with Gasteiger partial charge in [0.1, 0.15) is 11.9 Å². The Bertz CT molecular complexity index is 817. The number of aryl methyl sites for hydroxylation is 1. The summed E-state index contributed by atoms with van der Waals surface area (Å²) in [6, 6.07) is 7.89. The Hall–Kier alpha value is -2.81. The molecule has 1 aliphatic rings. The smallest absolute Gasteiger partial charge is 0.174 e. The molecule has 2 heterocycles. The maximum Gasteiger partial charge on any atom is 0.174 e. The number of hydrogen-bond donors (Lipinski definition) is 0. The van der Waals surface area contributed by atoms with Crippen LogP contribution in [0.3, 0.4) is 0 Å². The van der Waals surface area contributed by atoms with Crippen molar-refractivity contribution in [2.45, 2.75) is 39.2 Å². The molecule has 0 saturated carbocycles. The van der Waals surface area contributed by atoms with E-state index in [-0.39, 0.29) is 0 Å². The maximum atomic E-state index is 9.64. The first kappa shape index (κ1) is 17.0. The van der Waals surface area contributed by atoms with Crippen LogP contribution >= 0.6 is 0 Å². The summed E-state index contributed by atoms with van der Waals surface area (Å²) >= 11 is 0. The summed E-state index contributed by atoms with van der Waals surface area (Å²) in [6.07, 6.45) is 6.14. The van der Waals surface area contributed by atoms with Crippen LogP contribution in [0, 0.1) is 11.3 Å². The molecule has 0 unspecified atom stereocenters. The fourth-order valence-electron chi connectivity index (χ4n) is 3.05. The van der Waals surface area contributed by atoms with E-state index in [1.54, 1.807) is 7.11 Å². The molecule has 0 fully saturated rings. The lowest BCUT2D eigenvalue weighted by atomic mass is 10.1. The summed E-state index contributed by atoms with van der Waals surface area (Å²) in [5, 5.41) is 18.2. The molecule has 3 rings (SSSR count). The van der Waals surface area contributed by atoms with Gasteiger partial charge >= 0.3 is 0 Å². The highest BCUT2D eigenvalue weighted by Gasteiger charge is 2.17. The molecule has 0 bridgehead atoms. The highest BCUT2D eigenvalue weighted by molar-refractivity contribution is 5.87. The Kier molecular flexibility index (Phi) is 5.34. The van der Waals surface area contributed by atoms with Crippen LogP contribution in [-0.2, 0) is 13.0 Å². The molecule has 1 aromatic carbocycles. The maximum absolute atomic E-state index is 9.64. The van der Waals surface area contributed by atoms with Gasteiger partial charge < -0.3 is 14.0 Å². The van der Waals surface area contributed by atoms with E-state index in [4.69, 9.17) is 9.47 Å². The fraction of sp³-hybridized carbons (Fsp3) is 0.421. The molecule has 1 aromatic heterocycles. The molecule has 130 valence electrons. The third-order valence-corrected chi connectivity index (χ3v) is 4.27. The zero-order valence-corrected chi connectivity index (χ0v) is 14.7. The second-order valence-electron chi connectivity index (χ2n) is 5.92. The Labute approximate surface area is 147 Å². The van der Waals surface area contributed by atoms with Gasteiger partial charge in [0.15, 0.2) is 17.3 Å². The minimum Gasteiger partial charge on any atom is -0.493 e. The van der Waals surface area contributed by atoms with E-state index in [0.717, 1.165) is 37.2 Å². The Balaban J connectivity index is 1.96. The standard InChI is InChI=1S/C19H22N4O2/c1-3-25-16-9-8-14(12-17(16)24-2)11-15(13-20)19-22-21-18-7-5-4-6-10-23(18)19/h8-9,11-12H,3-7,10H2,1-2H3/b15-11-. The largest absolute Gasteiger partial charge is 0.493 e. The van der Waals surface area contributed by atoms with Crippen molar-refractivity contribution in [1.82, 2.24) is 14.8 Å². The third-order valence-electron chi connectivity index (χ3n) is 4.27. The van der Waals surface area contributed by atoms with E-state index in [9.17, 15) is 5.26 Å². The summed E-state index contributed by atoms with van der Waals surface area (Å²) in [5.41, 5.74) is 1.37. The van der Waals surface area contributed by atoms with Crippen molar-refractivity contribution in [3.05, 3.63) is 35.4 Å². The summed E-state index contributed by atoms with van der Waals surface area (Å²) in [4.78, 5) is 0. The lowest BCUT2D eigenvalue weighted by Gasteiger charge is -2.10. The first-order valence-corrected chi connectivity index (χ1v) is 8.62. The number of nitrogens with zero attached hydrogens (tertiary/aromatic N) is 4. The number of fused-ring (bicyclic) bond motifs is 1. The zero-order valence-electron chi connectivity index (χ0n) is 14.7. The topological polar surface area (TPSA) is 73.0 Å². The first-order valence-electron chi connectivity index (χ1n) is 8.62. The Morgan fingerprint density at radius 3 is 2.92 bits per heavy atom. The van der Waals surface area contributed by atoms with Gasteiger partial charge in [-0.3, -0.25) is 0 Å². The van der Waals surface area contributed by atoms with Gasteiger partial charge in [0.2, 0.25) is 0 Å². The van der Waals surface area contributed by atoms with Crippen molar-refractivity contribution in [3.8, 4) is 17.6 Å². The van der Waals surface area contributed by atoms with Crippen molar-refractivity contribution < 1.29 is 9.47 Å². The number of rotatable bonds is 5. The van der Waals surface area contributed by atoms with Crippen molar-refractivity contribution in [1.29, 1.82) is 5.26 Å². The monoisotopic (exact) mass is 338 g/mol. The van der Waals surface area contributed by atoms with Gasteiger partial charge in [-0.25, -0.2) is 0 Å². The molecule has 0 radical (unpaired) electrons. The normalized spacial score (nSPS) is 14.4. The zero-order chi connectivity index (χ0) is 17.6. The van der Waals surface area contributed by atoms with Crippen molar-refractivity contribution in [3.63, 3.8) is 0 Å². The highest BCUT2D eigenvalue weighted by atomic mass is 16.5. The number of hydrogen-bond acceptors (Lipinski definition) is 5. The minimum atomic E-state index is 0.506. The number of aromatic nitrogens is 3. The Morgan fingerprint density at radius 2 is 2.16 bits per heavy atom. The summed E-state index contributed by atoms with van der Waals surface area (Å²) in [5.74, 6) is 2.95. The molecule has 0 N–H and O–H groups in total. The van der Waals surface area contributed by atoms with Gasteiger partial charge in [-0.05, 0) is 43.5 Å². The lowest BCUT2D eigenvalue weighted by Crippen LogP contribution is -2.05. The quantitative estimate of drug-likeness (QED) is 0.781. The predicted octanol–water partition coefficient (Wildman–Crippen LogP) is 3.48. The molecular formula is C19H22N4O2. The number of nitriles is 1. The average molecular weight is 338 g/mol. The molecule has 1 aliphatic heterocycles. The van der Waals surface area contributed by atoms with Gasteiger partial charge in [-0.15, -0.1) is 10.2 Å². The molecule has 0 atom stereocenters. The number of methoxy groups -OCH3 is 1. The van der Waals surface area contributed by atoms with Crippen molar-refractivity contribution in [2.24, 2.45) is 0 Å². The van der Waals surface area contributed by atoms with E-state index < -0.39 is 0 Å². The van der Waals surface area contributed by atoms with Gasteiger partial charge in [0.05, 0.1) is 19.3 Å². The van der Waals surface area contributed by atoms with Crippen LogP contribution < -0.4 is 9.47 Å². The summed E-state index contributed by atoms with van der Waals surface area (Å²) in [7, 11) is 1.61. The molecule has 2 aromatic rings. The minimum absolute atomic E-state index is 0.506. The van der Waals surface area contributed by atoms with Crippen LogP contribution in [0.5, 0.6) is 11.5 Å². The number of ether oxygens (including phenoxy) is 2. The van der Waals surface area contributed by atoms with Crippen LogP contribution in [-0.4, -0.2) is 28.5 Å².